The number of nitrogen functional groups attached to an aromatic ring is 1. The zero-order valence-corrected chi connectivity index (χ0v) is 10.6. The minimum atomic E-state index is -0.888. The summed E-state index contributed by atoms with van der Waals surface area (Å²) < 4.78 is 13.2. The highest BCUT2D eigenvalue weighted by Gasteiger charge is 2.29. The normalized spacial score (nSPS) is 13.3. The molecule has 0 unspecified atom stereocenters. The molecular weight excluding hydrogens is 235 g/mol. The Hall–Kier alpha value is -1.62. The molecule has 0 aliphatic rings. The first-order valence-electron chi connectivity index (χ1n) is 5.75. The Kier molecular flexibility index (Phi) is 4.29. The minimum Gasteiger partial charge on any atom is -0.481 e. The van der Waals surface area contributed by atoms with E-state index in [1.54, 1.807) is 19.9 Å². The first-order valence-corrected chi connectivity index (χ1v) is 5.75. The van der Waals surface area contributed by atoms with Gasteiger partial charge in [-0.15, -0.1) is 0 Å². The molecule has 0 aromatic heterocycles. The average Bonchev–Trinajstić information content (AvgIpc) is 2.22. The maximum atomic E-state index is 13.2. The Morgan fingerprint density at radius 3 is 2.61 bits per heavy atom. The number of carboxylic acids is 1. The monoisotopic (exact) mass is 254 g/mol. The lowest BCUT2D eigenvalue weighted by Crippen LogP contribution is -2.34. The van der Waals surface area contributed by atoms with Gasteiger partial charge in [-0.2, -0.15) is 0 Å². The molecule has 0 heterocycles. The van der Waals surface area contributed by atoms with Crippen molar-refractivity contribution in [1.29, 1.82) is 0 Å². The van der Waals surface area contributed by atoms with E-state index in [9.17, 15) is 9.18 Å². The highest BCUT2D eigenvalue weighted by Crippen LogP contribution is 2.23. The summed E-state index contributed by atoms with van der Waals surface area (Å²) in [6, 6.07) is 4.19. The Morgan fingerprint density at radius 2 is 2.11 bits per heavy atom. The maximum absolute atomic E-state index is 13.2. The van der Waals surface area contributed by atoms with Gasteiger partial charge in [0.2, 0.25) is 0 Å². The summed E-state index contributed by atoms with van der Waals surface area (Å²) in [5, 5.41) is 9.00. The van der Waals surface area contributed by atoms with Crippen LogP contribution in [0.3, 0.4) is 0 Å². The Balaban J connectivity index is 2.67. The van der Waals surface area contributed by atoms with Gasteiger partial charge in [0.1, 0.15) is 5.82 Å². The zero-order chi connectivity index (χ0) is 13.9. The number of anilines is 1. The fourth-order valence-electron chi connectivity index (χ4n) is 1.82. The fourth-order valence-corrected chi connectivity index (χ4v) is 1.82. The smallest absolute Gasteiger partial charge is 0.309 e. The number of aliphatic carboxylic acids is 1. The second-order valence-corrected chi connectivity index (χ2v) is 5.21. The summed E-state index contributed by atoms with van der Waals surface area (Å²) >= 11 is 0. The summed E-state index contributed by atoms with van der Waals surface area (Å²) in [6.07, 6.45) is 0.752. The van der Waals surface area contributed by atoms with Gasteiger partial charge < -0.3 is 16.6 Å². The van der Waals surface area contributed by atoms with Gasteiger partial charge in [-0.1, -0.05) is 6.07 Å². The van der Waals surface area contributed by atoms with Gasteiger partial charge in [-0.3, -0.25) is 4.79 Å². The first-order chi connectivity index (χ1) is 8.22. The summed E-state index contributed by atoms with van der Waals surface area (Å²) in [4.78, 5) is 11.0. The molecule has 100 valence electrons. The predicted molar refractivity (Wildman–Crippen MR) is 68.5 cm³/mol. The minimum absolute atomic E-state index is 0.0955. The van der Waals surface area contributed by atoms with Crippen molar-refractivity contribution in [2.24, 2.45) is 11.1 Å². The number of nitrogens with two attached hydrogens (primary N) is 2. The van der Waals surface area contributed by atoms with Crippen molar-refractivity contribution < 1.29 is 14.3 Å². The van der Waals surface area contributed by atoms with E-state index >= 15 is 0 Å². The molecule has 0 bridgehead atoms. The van der Waals surface area contributed by atoms with Crippen LogP contribution in [0.4, 0.5) is 10.1 Å². The van der Waals surface area contributed by atoms with E-state index in [0.717, 1.165) is 5.56 Å². The van der Waals surface area contributed by atoms with Gasteiger partial charge in [-0.05, 0) is 44.4 Å². The van der Waals surface area contributed by atoms with Crippen molar-refractivity contribution in [2.45, 2.75) is 32.7 Å². The van der Waals surface area contributed by atoms with Crippen LogP contribution < -0.4 is 11.5 Å². The van der Waals surface area contributed by atoms with E-state index in [4.69, 9.17) is 16.6 Å². The molecule has 1 rings (SSSR count). The molecule has 0 aliphatic heterocycles. The summed E-state index contributed by atoms with van der Waals surface area (Å²) in [7, 11) is 0. The van der Waals surface area contributed by atoms with Crippen LogP contribution in [0.2, 0.25) is 0 Å². The third-order valence-corrected chi connectivity index (χ3v) is 2.91. The number of rotatable bonds is 5. The molecule has 1 atom stereocenters. The van der Waals surface area contributed by atoms with Gasteiger partial charge >= 0.3 is 5.97 Å². The van der Waals surface area contributed by atoms with E-state index in [2.05, 4.69) is 0 Å². The lowest BCUT2D eigenvalue weighted by atomic mass is 9.84. The molecule has 0 fully saturated rings. The lowest BCUT2D eigenvalue weighted by molar-refractivity contribution is -0.147. The van der Waals surface area contributed by atoms with Crippen LogP contribution in [0.25, 0.3) is 0 Å². The second-order valence-electron chi connectivity index (χ2n) is 5.21. The predicted octanol–water partition coefficient (Wildman–Crippen LogP) is 1.78. The van der Waals surface area contributed by atoms with E-state index < -0.39 is 17.2 Å². The van der Waals surface area contributed by atoms with Gasteiger partial charge in [0.05, 0.1) is 11.1 Å². The topological polar surface area (TPSA) is 89.3 Å². The molecule has 5 N–H and O–H groups in total. The van der Waals surface area contributed by atoms with Crippen molar-refractivity contribution in [3.63, 3.8) is 0 Å². The fraction of sp³-hybridized carbons (Fsp3) is 0.462. The molecule has 0 saturated heterocycles. The SMILES string of the molecule is CC(C)(C[C@@H](N)Cc1ccc(N)c(F)c1)C(=O)O. The van der Waals surface area contributed by atoms with Gasteiger partial charge in [0.25, 0.3) is 0 Å². The molecule has 0 spiro atoms. The molecule has 1 aromatic carbocycles. The average molecular weight is 254 g/mol. The van der Waals surface area contributed by atoms with E-state index in [1.807, 2.05) is 0 Å². The van der Waals surface area contributed by atoms with Crippen LogP contribution in [0.5, 0.6) is 0 Å². The summed E-state index contributed by atoms with van der Waals surface area (Å²) in [5.41, 5.74) is 11.2. The third-order valence-electron chi connectivity index (χ3n) is 2.91. The molecule has 5 heteroatoms. The summed E-state index contributed by atoms with van der Waals surface area (Å²) in [5.74, 6) is -1.36. The van der Waals surface area contributed by atoms with Crippen molar-refractivity contribution in [3.8, 4) is 0 Å². The Morgan fingerprint density at radius 1 is 1.50 bits per heavy atom. The first kappa shape index (κ1) is 14.4. The van der Waals surface area contributed by atoms with E-state index in [1.165, 1.54) is 12.1 Å². The van der Waals surface area contributed by atoms with E-state index in [-0.39, 0.29) is 11.7 Å². The van der Waals surface area contributed by atoms with Crippen molar-refractivity contribution in [3.05, 3.63) is 29.6 Å². The van der Waals surface area contributed by atoms with Crippen molar-refractivity contribution >= 4 is 11.7 Å². The molecule has 0 aliphatic carbocycles. The van der Waals surface area contributed by atoms with Gasteiger partial charge in [0, 0.05) is 6.04 Å². The highest BCUT2D eigenvalue weighted by molar-refractivity contribution is 5.73. The molecule has 0 amide bonds. The van der Waals surface area contributed by atoms with Crippen molar-refractivity contribution in [2.75, 3.05) is 5.73 Å². The second kappa shape index (κ2) is 5.35. The number of hydrogen-bond acceptors (Lipinski definition) is 3. The van der Waals surface area contributed by atoms with E-state index in [0.29, 0.717) is 12.8 Å². The third kappa shape index (κ3) is 3.70. The lowest BCUT2D eigenvalue weighted by Gasteiger charge is -2.23. The standard InChI is InChI=1S/C13H19FN2O2/c1-13(2,12(17)18)7-9(15)5-8-3-4-11(16)10(14)6-8/h3-4,6,9H,5,7,15-16H2,1-2H3,(H,17,18)/t9-/m0/s1. The van der Waals surface area contributed by atoms with Gasteiger partial charge in [-0.25, -0.2) is 4.39 Å². The number of halogens is 1. The quantitative estimate of drug-likeness (QED) is 0.699. The maximum Gasteiger partial charge on any atom is 0.309 e. The molecule has 18 heavy (non-hydrogen) atoms. The molecule has 4 nitrogen and oxygen atoms in total. The number of carbonyl (C=O) groups is 1. The molecular formula is C13H19FN2O2. The largest absolute Gasteiger partial charge is 0.481 e. The van der Waals surface area contributed by atoms with Crippen LogP contribution in [-0.4, -0.2) is 17.1 Å². The van der Waals surface area contributed by atoms with Crippen molar-refractivity contribution in [1.82, 2.24) is 0 Å². The van der Waals surface area contributed by atoms with Crippen LogP contribution in [0.1, 0.15) is 25.8 Å². The Labute approximate surface area is 106 Å². The van der Waals surface area contributed by atoms with Crippen LogP contribution in [-0.2, 0) is 11.2 Å². The Bertz CT molecular complexity index is 447. The molecule has 0 saturated carbocycles. The summed E-state index contributed by atoms with van der Waals surface area (Å²) in [6.45, 7) is 3.25. The van der Waals surface area contributed by atoms with Crippen LogP contribution in [0.15, 0.2) is 18.2 Å². The highest BCUT2D eigenvalue weighted by atomic mass is 19.1. The number of benzene rings is 1. The number of carboxylic acid groups (broad SMARTS) is 1. The van der Waals surface area contributed by atoms with Crippen LogP contribution in [0, 0.1) is 11.2 Å². The van der Waals surface area contributed by atoms with Crippen LogP contribution >= 0.6 is 0 Å². The molecule has 0 radical (unpaired) electrons. The van der Waals surface area contributed by atoms with Gasteiger partial charge in [0.15, 0.2) is 0 Å². The molecule has 1 aromatic rings. The zero-order valence-electron chi connectivity index (χ0n) is 10.6. The number of hydrogen-bond donors (Lipinski definition) is 3.